The predicted octanol–water partition coefficient (Wildman–Crippen LogP) is 1.71. The zero-order valence-electron chi connectivity index (χ0n) is 5.67. The average Bonchev–Trinajstić information content (AvgIpc) is 2.34. The van der Waals surface area contributed by atoms with Crippen molar-refractivity contribution in [1.29, 1.82) is 0 Å². The van der Waals surface area contributed by atoms with Crippen molar-refractivity contribution in [3.8, 4) is 0 Å². The number of hydrogen-bond donors (Lipinski definition) is 1. The molecule has 1 unspecified atom stereocenters. The Bertz CT molecular complexity index is 174. The molecule has 0 aromatic carbocycles. The number of H-pyrrole nitrogens is 1. The second-order valence-electron chi connectivity index (χ2n) is 1.94. The van der Waals surface area contributed by atoms with Gasteiger partial charge in [-0.2, -0.15) is 5.10 Å². The fourth-order valence-electron chi connectivity index (χ4n) is 0.570. The van der Waals surface area contributed by atoms with Gasteiger partial charge in [-0.25, -0.2) is 0 Å². The zero-order valence-corrected chi connectivity index (χ0v) is 7.83. The fourth-order valence-corrected chi connectivity index (χ4v) is 0.749. The first-order chi connectivity index (χ1) is 4.79. The van der Waals surface area contributed by atoms with E-state index in [0.29, 0.717) is 6.61 Å². The molecule has 0 aliphatic carbocycles. The maximum Gasteiger partial charge on any atom is 0.106 e. The number of aromatic nitrogens is 2. The van der Waals surface area contributed by atoms with Gasteiger partial charge in [0.15, 0.2) is 0 Å². The Kier molecular flexibility index (Phi) is 3.14. The van der Waals surface area contributed by atoms with Gasteiger partial charge in [0.1, 0.15) is 4.11 Å². The molecule has 0 saturated carbocycles. The summed E-state index contributed by atoms with van der Waals surface area (Å²) in [7, 11) is 0. The molecular formula is C6H9IN2O. The number of aromatic amines is 1. The highest BCUT2D eigenvalue weighted by Gasteiger charge is 1.96. The maximum atomic E-state index is 5.30. The van der Waals surface area contributed by atoms with Crippen LogP contribution in [0.5, 0.6) is 0 Å². The van der Waals surface area contributed by atoms with E-state index in [0.717, 1.165) is 5.69 Å². The molecule has 1 aromatic heterocycles. The minimum absolute atomic E-state index is 0.251. The molecule has 0 spiro atoms. The smallest absolute Gasteiger partial charge is 0.106 e. The third kappa shape index (κ3) is 2.66. The normalized spacial score (nSPS) is 13.4. The van der Waals surface area contributed by atoms with Crippen molar-refractivity contribution in [3.05, 3.63) is 18.0 Å². The maximum absolute atomic E-state index is 5.30. The van der Waals surface area contributed by atoms with Crippen LogP contribution in [0.4, 0.5) is 0 Å². The summed E-state index contributed by atoms with van der Waals surface area (Å²) in [5.41, 5.74) is 1.02. The summed E-state index contributed by atoms with van der Waals surface area (Å²) in [6, 6.07) is 1.90. The molecule has 0 fully saturated rings. The van der Waals surface area contributed by atoms with Gasteiger partial charge >= 0.3 is 0 Å². The standard InChI is InChI=1S/C6H9IN2O/c1-5(7)10-4-6-2-3-8-9-6/h2-3,5H,4H2,1H3,(H,8,9). The van der Waals surface area contributed by atoms with Crippen LogP contribution in [0, 0.1) is 0 Å². The van der Waals surface area contributed by atoms with E-state index >= 15 is 0 Å². The third-order valence-corrected chi connectivity index (χ3v) is 1.39. The van der Waals surface area contributed by atoms with Crippen LogP contribution < -0.4 is 0 Å². The van der Waals surface area contributed by atoms with E-state index < -0.39 is 0 Å². The minimum atomic E-state index is 0.251. The second-order valence-corrected chi connectivity index (χ2v) is 3.69. The van der Waals surface area contributed by atoms with Crippen LogP contribution in [-0.2, 0) is 11.3 Å². The van der Waals surface area contributed by atoms with Gasteiger partial charge in [-0.3, -0.25) is 5.10 Å². The average molecular weight is 252 g/mol. The molecule has 0 radical (unpaired) electrons. The van der Waals surface area contributed by atoms with Gasteiger partial charge in [-0.1, -0.05) is 22.6 Å². The number of rotatable bonds is 3. The molecule has 0 bridgehead atoms. The Morgan fingerprint density at radius 3 is 3.20 bits per heavy atom. The monoisotopic (exact) mass is 252 g/mol. The first kappa shape index (κ1) is 8.00. The number of hydrogen-bond acceptors (Lipinski definition) is 2. The topological polar surface area (TPSA) is 37.9 Å². The van der Waals surface area contributed by atoms with Crippen LogP contribution >= 0.6 is 22.6 Å². The highest BCUT2D eigenvalue weighted by Crippen LogP contribution is 2.04. The molecule has 0 saturated heterocycles. The largest absolute Gasteiger partial charge is 0.362 e. The quantitative estimate of drug-likeness (QED) is 0.656. The minimum Gasteiger partial charge on any atom is -0.362 e. The van der Waals surface area contributed by atoms with E-state index in [-0.39, 0.29) is 4.11 Å². The van der Waals surface area contributed by atoms with E-state index in [2.05, 4.69) is 32.8 Å². The van der Waals surface area contributed by atoms with Crippen LogP contribution in [0.3, 0.4) is 0 Å². The molecule has 10 heavy (non-hydrogen) atoms. The summed E-state index contributed by atoms with van der Waals surface area (Å²) < 4.78 is 5.55. The number of alkyl halides is 1. The van der Waals surface area contributed by atoms with Gasteiger partial charge in [0.2, 0.25) is 0 Å². The second kappa shape index (κ2) is 3.92. The summed E-state index contributed by atoms with van der Waals surface area (Å²) in [5, 5.41) is 6.61. The SMILES string of the molecule is CC(I)OCc1ccn[nH]1. The molecule has 1 rings (SSSR count). The summed E-state index contributed by atoms with van der Waals surface area (Å²) >= 11 is 2.21. The zero-order chi connectivity index (χ0) is 7.40. The molecule has 1 heterocycles. The van der Waals surface area contributed by atoms with E-state index in [1.165, 1.54) is 0 Å². The van der Waals surface area contributed by atoms with Crippen LogP contribution in [-0.4, -0.2) is 14.3 Å². The number of halogens is 1. The van der Waals surface area contributed by atoms with Crippen molar-refractivity contribution < 1.29 is 4.74 Å². The number of ether oxygens (including phenoxy) is 1. The van der Waals surface area contributed by atoms with Gasteiger partial charge in [0.05, 0.1) is 12.3 Å². The molecule has 4 heteroatoms. The van der Waals surface area contributed by atoms with Crippen molar-refractivity contribution in [2.24, 2.45) is 0 Å². The molecule has 0 aliphatic rings. The number of nitrogens with zero attached hydrogens (tertiary/aromatic N) is 1. The van der Waals surface area contributed by atoms with E-state index in [1.807, 2.05) is 13.0 Å². The molecule has 1 aromatic rings. The third-order valence-electron chi connectivity index (χ3n) is 1.03. The molecule has 1 atom stereocenters. The van der Waals surface area contributed by atoms with Gasteiger partial charge in [-0.05, 0) is 13.0 Å². The van der Waals surface area contributed by atoms with Crippen molar-refractivity contribution >= 4 is 22.6 Å². The lowest BCUT2D eigenvalue weighted by Crippen LogP contribution is -1.98. The van der Waals surface area contributed by atoms with E-state index in [4.69, 9.17) is 4.74 Å². The van der Waals surface area contributed by atoms with Crippen LogP contribution in [0.25, 0.3) is 0 Å². The van der Waals surface area contributed by atoms with Gasteiger partial charge in [-0.15, -0.1) is 0 Å². The summed E-state index contributed by atoms with van der Waals surface area (Å²) in [5.74, 6) is 0. The van der Waals surface area contributed by atoms with Crippen molar-refractivity contribution in [3.63, 3.8) is 0 Å². The highest BCUT2D eigenvalue weighted by molar-refractivity contribution is 14.1. The Balaban J connectivity index is 2.28. The molecular weight excluding hydrogens is 243 g/mol. The highest BCUT2D eigenvalue weighted by atomic mass is 127. The first-order valence-electron chi connectivity index (χ1n) is 3.03. The van der Waals surface area contributed by atoms with Gasteiger partial charge in [0.25, 0.3) is 0 Å². The summed E-state index contributed by atoms with van der Waals surface area (Å²) in [4.78, 5) is 0. The van der Waals surface area contributed by atoms with Crippen LogP contribution in [0.2, 0.25) is 0 Å². The van der Waals surface area contributed by atoms with Crippen molar-refractivity contribution in [2.75, 3.05) is 0 Å². The fraction of sp³-hybridized carbons (Fsp3) is 0.500. The lowest BCUT2D eigenvalue weighted by Gasteiger charge is -2.02. The van der Waals surface area contributed by atoms with Crippen molar-refractivity contribution in [2.45, 2.75) is 17.6 Å². The molecule has 56 valence electrons. The Morgan fingerprint density at radius 2 is 2.70 bits per heavy atom. The van der Waals surface area contributed by atoms with Gasteiger partial charge in [0, 0.05) is 6.20 Å². The lowest BCUT2D eigenvalue weighted by atomic mass is 10.5. The predicted molar refractivity (Wildman–Crippen MR) is 46.9 cm³/mol. The Morgan fingerprint density at radius 1 is 1.90 bits per heavy atom. The molecule has 0 amide bonds. The summed E-state index contributed by atoms with van der Waals surface area (Å²) in [6.45, 7) is 2.61. The Hall–Kier alpha value is -0.100. The molecule has 3 nitrogen and oxygen atoms in total. The summed E-state index contributed by atoms with van der Waals surface area (Å²) in [6.07, 6.45) is 1.72. The van der Waals surface area contributed by atoms with Crippen LogP contribution in [0.15, 0.2) is 12.3 Å². The van der Waals surface area contributed by atoms with E-state index in [9.17, 15) is 0 Å². The van der Waals surface area contributed by atoms with E-state index in [1.54, 1.807) is 6.20 Å². The van der Waals surface area contributed by atoms with Gasteiger partial charge < -0.3 is 4.74 Å². The number of nitrogens with one attached hydrogen (secondary N) is 1. The van der Waals surface area contributed by atoms with Crippen molar-refractivity contribution in [1.82, 2.24) is 10.2 Å². The van der Waals surface area contributed by atoms with Crippen LogP contribution in [0.1, 0.15) is 12.6 Å². The lowest BCUT2D eigenvalue weighted by molar-refractivity contribution is 0.118. The molecule has 1 N–H and O–H groups in total. The molecule has 0 aliphatic heterocycles. The first-order valence-corrected chi connectivity index (χ1v) is 4.27. The Labute approximate surface area is 73.3 Å².